The molecule has 0 aliphatic carbocycles. The highest BCUT2D eigenvalue weighted by atomic mass is 79.9. The standard InChI is InChI=1S/C16H18BrClN4O/c1-22(9-11-2-3-12(17)6-14(11)18)16(23)13-8-20-21-15(13)10-4-5-19-7-10/h2-3,6,8,10,19H,4-5,7,9H2,1H3,(H,20,21). The van der Waals surface area contributed by atoms with Crippen LogP contribution in [0.1, 0.15) is 34.0 Å². The molecule has 5 nitrogen and oxygen atoms in total. The average molecular weight is 398 g/mol. The van der Waals surface area contributed by atoms with Crippen LogP contribution in [0.5, 0.6) is 0 Å². The SMILES string of the molecule is CN(Cc1ccc(Br)cc1Cl)C(=O)c1cn[nH]c1C1CCNC1. The number of carbonyl (C=O) groups excluding carboxylic acids is 1. The third-order valence-electron chi connectivity index (χ3n) is 4.14. The molecule has 1 fully saturated rings. The number of aromatic amines is 1. The van der Waals surface area contributed by atoms with Crippen LogP contribution >= 0.6 is 27.5 Å². The van der Waals surface area contributed by atoms with E-state index in [-0.39, 0.29) is 5.91 Å². The summed E-state index contributed by atoms with van der Waals surface area (Å²) in [5.41, 5.74) is 2.49. The van der Waals surface area contributed by atoms with Gasteiger partial charge in [0.15, 0.2) is 0 Å². The minimum absolute atomic E-state index is 0.0420. The number of hydrogen-bond acceptors (Lipinski definition) is 3. The van der Waals surface area contributed by atoms with Gasteiger partial charge in [-0.05, 0) is 30.7 Å². The topological polar surface area (TPSA) is 61.0 Å². The molecule has 3 rings (SSSR count). The first-order valence-corrected chi connectivity index (χ1v) is 8.66. The number of rotatable bonds is 4. The van der Waals surface area contributed by atoms with Gasteiger partial charge in [-0.15, -0.1) is 0 Å². The lowest BCUT2D eigenvalue weighted by Gasteiger charge is -2.19. The smallest absolute Gasteiger partial charge is 0.257 e. The summed E-state index contributed by atoms with van der Waals surface area (Å²) in [6.45, 7) is 2.31. The Kier molecular flexibility index (Phi) is 5.04. The molecule has 1 aliphatic heterocycles. The number of nitrogens with one attached hydrogen (secondary N) is 2. The van der Waals surface area contributed by atoms with Crippen molar-refractivity contribution >= 4 is 33.4 Å². The minimum Gasteiger partial charge on any atom is -0.337 e. The summed E-state index contributed by atoms with van der Waals surface area (Å²) in [7, 11) is 1.78. The van der Waals surface area contributed by atoms with Gasteiger partial charge in [-0.1, -0.05) is 33.6 Å². The summed E-state index contributed by atoms with van der Waals surface area (Å²) < 4.78 is 0.922. The maximum atomic E-state index is 12.8. The van der Waals surface area contributed by atoms with Crippen LogP contribution in [-0.2, 0) is 6.54 Å². The molecule has 1 amide bonds. The first-order chi connectivity index (χ1) is 11.1. The van der Waals surface area contributed by atoms with Crippen LogP contribution in [0.4, 0.5) is 0 Å². The zero-order valence-corrected chi connectivity index (χ0v) is 15.1. The second-order valence-corrected chi connectivity index (χ2v) is 7.11. The predicted molar refractivity (Wildman–Crippen MR) is 93.8 cm³/mol. The molecule has 23 heavy (non-hydrogen) atoms. The third kappa shape index (κ3) is 3.59. The summed E-state index contributed by atoms with van der Waals surface area (Å²) in [5.74, 6) is 0.278. The van der Waals surface area contributed by atoms with Gasteiger partial charge in [-0.2, -0.15) is 5.10 Å². The van der Waals surface area contributed by atoms with E-state index in [0.29, 0.717) is 23.0 Å². The molecule has 1 atom stereocenters. The molecule has 0 radical (unpaired) electrons. The fourth-order valence-corrected chi connectivity index (χ4v) is 3.59. The number of nitrogens with zero attached hydrogens (tertiary/aromatic N) is 2. The van der Waals surface area contributed by atoms with E-state index in [1.807, 2.05) is 18.2 Å². The summed E-state index contributed by atoms with van der Waals surface area (Å²) in [5, 5.41) is 11.0. The number of halogens is 2. The molecule has 2 aromatic rings. The second-order valence-electron chi connectivity index (χ2n) is 5.78. The van der Waals surface area contributed by atoms with Crippen molar-refractivity contribution in [3.05, 3.63) is 50.7 Å². The van der Waals surface area contributed by atoms with Crippen molar-refractivity contribution in [2.24, 2.45) is 0 Å². The number of carbonyl (C=O) groups is 1. The predicted octanol–water partition coefficient (Wildman–Crippen LogP) is 3.17. The van der Waals surface area contributed by atoms with E-state index in [0.717, 1.165) is 35.2 Å². The monoisotopic (exact) mass is 396 g/mol. The molecule has 0 bridgehead atoms. The Balaban J connectivity index is 1.76. The zero-order chi connectivity index (χ0) is 16.4. The van der Waals surface area contributed by atoms with Gasteiger partial charge in [0.2, 0.25) is 0 Å². The first-order valence-electron chi connectivity index (χ1n) is 7.49. The fourth-order valence-electron chi connectivity index (χ4n) is 2.86. The Morgan fingerprint density at radius 2 is 2.35 bits per heavy atom. The Hall–Kier alpha value is -1.37. The zero-order valence-electron chi connectivity index (χ0n) is 12.8. The molecule has 1 saturated heterocycles. The van der Waals surface area contributed by atoms with Gasteiger partial charge < -0.3 is 10.2 Å². The van der Waals surface area contributed by atoms with E-state index in [4.69, 9.17) is 11.6 Å². The lowest BCUT2D eigenvalue weighted by atomic mass is 10.0. The van der Waals surface area contributed by atoms with Gasteiger partial charge >= 0.3 is 0 Å². The number of benzene rings is 1. The number of amides is 1. The quantitative estimate of drug-likeness (QED) is 0.833. The summed E-state index contributed by atoms with van der Waals surface area (Å²) in [4.78, 5) is 14.4. The largest absolute Gasteiger partial charge is 0.337 e. The van der Waals surface area contributed by atoms with Crippen LogP contribution in [0.2, 0.25) is 5.02 Å². The molecule has 0 saturated carbocycles. The third-order valence-corrected chi connectivity index (χ3v) is 4.98. The lowest BCUT2D eigenvalue weighted by Crippen LogP contribution is -2.27. The molecule has 1 aromatic heterocycles. The molecule has 7 heteroatoms. The van der Waals surface area contributed by atoms with Crippen LogP contribution < -0.4 is 5.32 Å². The van der Waals surface area contributed by atoms with E-state index in [1.165, 1.54) is 0 Å². The van der Waals surface area contributed by atoms with Crippen molar-refractivity contribution in [3.8, 4) is 0 Å². The normalized spacial score (nSPS) is 17.4. The highest BCUT2D eigenvalue weighted by Gasteiger charge is 2.26. The van der Waals surface area contributed by atoms with Crippen LogP contribution in [0.15, 0.2) is 28.9 Å². The van der Waals surface area contributed by atoms with Gasteiger partial charge in [-0.3, -0.25) is 9.89 Å². The van der Waals surface area contributed by atoms with E-state index in [2.05, 4.69) is 31.4 Å². The highest BCUT2D eigenvalue weighted by Crippen LogP contribution is 2.26. The van der Waals surface area contributed by atoms with E-state index in [1.54, 1.807) is 18.1 Å². The van der Waals surface area contributed by atoms with Crippen molar-refractivity contribution in [1.82, 2.24) is 20.4 Å². The average Bonchev–Trinajstić information content (AvgIpc) is 3.19. The van der Waals surface area contributed by atoms with Gasteiger partial charge in [0.1, 0.15) is 0 Å². The molecule has 0 spiro atoms. The number of H-pyrrole nitrogens is 1. The molecule has 2 heterocycles. The Bertz CT molecular complexity index is 712. The van der Waals surface area contributed by atoms with Crippen molar-refractivity contribution in [3.63, 3.8) is 0 Å². The lowest BCUT2D eigenvalue weighted by molar-refractivity contribution is 0.0783. The molecule has 2 N–H and O–H groups in total. The molecule has 1 aliphatic rings. The summed E-state index contributed by atoms with van der Waals surface area (Å²) in [6, 6.07) is 5.68. The van der Waals surface area contributed by atoms with Crippen molar-refractivity contribution in [2.75, 3.05) is 20.1 Å². The van der Waals surface area contributed by atoms with Crippen LogP contribution in [-0.4, -0.2) is 41.1 Å². The van der Waals surface area contributed by atoms with Crippen LogP contribution in [0.3, 0.4) is 0 Å². The fraction of sp³-hybridized carbons (Fsp3) is 0.375. The maximum absolute atomic E-state index is 12.8. The molecular formula is C16H18BrClN4O. The van der Waals surface area contributed by atoms with Crippen LogP contribution in [0.25, 0.3) is 0 Å². The van der Waals surface area contributed by atoms with E-state index >= 15 is 0 Å². The van der Waals surface area contributed by atoms with Crippen LogP contribution in [0, 0.1) is 0 Å². The van der Waals surface area contributed by atoms with E-state index in [9.17, 15) is 4.79 Å². The van der Waals surface area contributed by atoms with Gasteiger partial charge in [0.05, 0.1) is 17.5 Å². The van der Waals surface area contributed by atoms with E-state index < -0.39 is 0 Å². The number of hydrogen-bond donors (Lipinski definition) is 2. The summed E-state index contributed by atoms with van der Waals surface area (Å²) >= 11 is 9.63. The van der Waals surface area contributed by atoms with Gasteiger partial charge in [0, 0.05) is 35.6 Å². The minimum atomic E-state index is -0.0420. The van der Waals surface area contributed by atoms with Gasteiger partial charge in [0.25, 0.3) is 5.91 Å². The summed E-state index contributed by atoms with van der Waals surface area (Å²) in [6.07, 6.45) is 2.64. The molecule has 1 unspecified atom stereocenters. The first kappa shape index (κ1) is 16.5. The highest BCUT2D eigenvalue weighted by molar-refractivity contribution is 9.10. The maximum Gasteiger partial charge on any atom is 0.257 e. The van der Waals surface area contributed by atoms with Gasteiger partial charge in [-0.25, -0.2) is 0 Å². The Morgan fingerprint density at radius 3 is 3.04 bits per heavy atom. The Morgan fingerprint density at radius 1 is 1.52 bits per heavy atom. The second kappa shape index (κ2) is 7.03. The van der Waals surface area contributed by atoms with Crippen molar-refractivity contribution < 1.29 is 4.79 Å². The molecule has 122 valence electrons. The Labute approximate surface area is 148 Å². The molecular weight excluding hydrogens is 380 g/mol. The van der Waals surface area contributed by atoms with Crippen molar-refractivity contribution in [1.29, 1.82) is 0 Å². The number of aromatic nitrogens is 2. The van der Waals surface area contributed by atoms with Crippen molar-refractivity contribution in [2.45, 2.75) is 18.9 Å². The molecule has 1 aromatic carbocycles.